The molecule has 7 nitrogen and oxygen atoms in total. The number of carbonyl (C=O) groups excluding carboxylic acids is 1. The Morgan fingerprint density at radius 2 is 2.18 bits per heavy atom. The zero-order valence-corrected chi connectivity index (χ0v) is 16.4. The van der Waals surface area contributed by atoms with Crippen LogP contribution in [0.1, 0.15) is 26.5 Å². The number of thiophene rings is 1. The minimum absolute atomic E-state index is 0.165. The summed E-state index contributed by atoms with van der Waals surface area (Å²) in [6.07, 6.45) is 3.39. The fraction of sp³-hybridized carbons (Fsp3) is 0.200. The van der Waals surface area contributed by atoms with E-state index in [-0.39, 0.29) is 5.91 Å². The van der Waals surface area contributed by atoms with Crippen molar-refractivity contribution in [3.05, 3.63) is 69.8 Å². The molecule has 0 aliphatic heterocycles. The molecular formula is C20H19N5O2S. The van der Waals surface area contributed by atoms with E-state index in [1.807, 2.05) is 29.1 Å². The van der Waals surface area contributed by atoms with Crippen molar-refractivity contribution in [3.63, 3.8) is 0 Å². The predicted molar refractivity (Wildman–Crippen MR) is 108 cm³/mol. The molecule has 0 bridgehead atoms. The van der Waals surface area contributed by atoms with Crippen LogP contribution in [0.2, 0.25) is 0 Å². The van der Waals surface area contributed by atoms with Crippen molar-refractivity contribution >= 4 is 28.3 Å². The first kappa shape index (κ1) is 18.1. The van der Waals surface area contributed by atoms with Crippen molar-refractivity contribution in [1.82, 2.24) is 25.1 Å². The van der Waals surface area contributed by atoms with E-state index in [4.69, 9.17) is 4.74 Å². The molecule has 0 atom stereocenters. The van der Waals surface area contributed by atoms with E-state index in [0.717, 1.165) is 16.6 Å². The number of rotatable bonds is 6. The van der Waals surface area contributed by atoms with Gasteiger partial charge in [0.15, 0.2) is 5.65 Å². The largest absolute Gasteiger partial charge is 0.481 e. The van der Waals surface area contributed by atoms with Gasteiger partial charge in [0.2, 0.25) is 5.88 Å². The molecule has 8 heteroatoms. The Labute approximate surface area is 166 Å². The molecule has 4 aromatic heterocycles. The van der Waals surface area contributed by atoms with Crippen LogP contribution in [0.3, 0.4) is 0 Å². The van der Waals surface area contributed by atoms with E-state index in [0.29, 0.717) is 30.2 Å². The van der Waals surface area contributed by atoms with Crippen LogP contribution < -0.4 is 10.1 Å². The Balaban J connectivity index is 1.56. The maximum atomic E-state index is 12.8. The monoisotopic (exact) mass is 393 g/mol. The zero-order valence-electron chi connectivity index (χ0n) is 15.5. The molecule has 0 aromatic carbocycles. The van der Waals surface area contributed by atoms with E-state index < -0.39 is 0 Å². The van der Waals surface area contributed by atoms with Crippen molar-refractivity contribution in [3.8, 4) is 5.88 Å². The van der Waals surface area contributed by atoms with Gasteiger partial charge in [0.1, 0.15) is 0 Å². The molecule has 142 valence electrons. The predicted octanol–water partition coefficient (Wildman–Crippen LogP) is 3.18. The van der Waals surface area contributed by atoms with Crippen molar-refractivity contribution in [2.45, 2.75) is 20.0 Å². The normalized spacial score (nSPS) is 10.9. The van der Waals surface area contributed by atoms with Crippen LogP contribution in [-0.4, -0.2) is 32.8 Å². The number of fused-ring (bicyclic) bond motifs is 1. The highest BCUT2D eigenvalue weighted by Crippen LogP contribution is 2.20. The number of aryl methyl sites for hydroxylation is 1. The molecule has 0 spiro atoms. The van der Waals surface area contributed by atoms with Gasteiger partial charge in [-0.05, 0) is 30.0 Å². The molecule has 0 radical (unpaired) electrons. The lowest BCUT2D eigenvalue weighted by Gasteiger charge is -2.08. The Morgan fingerprint density at radius 3 is 2.89 bits per heavy atom. The van der Waals surface area contributed by atoms with Crippen LogP contribution in [0.5, 0.6) is 5.88 Å². The number of aromatic nitrogens is 4. The summed E-state index contributed by atoms with van der Waals surface area (Å²) in [7, 11) is 1.57. The molecule has 1 amide bonds. The molecule has 0 saturated heterocycles. The quantitative estimate of drug-likeness (QED) is 0.544. The molecule has 4 aromatic rings. The number of ether oxygens (including phenoxy) is 1. The average molecular weight is 393 g/mol. The van der Waals surface area contributed by atoms with Crippen LogP contribution >= 0.6 is 11.3 Å². The number of nitrogens with one attached hydrogen (secondary N) is 1. The molecule has 0 fully saturated rings. The highest BCUT2D eigenvalue weighted by Gasteiger charge is 2.16. The van der Waals surface area contributed by atoms with Gasteiger partial charge < -0.3 is 10.1 Å². The molecular weight excluding hydrogens is 374 g/mol. The number of amides is 1. The smallest absolute Gasteiger partial charge is 0.252 e. The average Bonchev–Trinajstić information content (AvgIpc) is 3.36. The summed E-state index contributed by atoms with van der Waals surface area (Å²) in [4.78, 5) is 22.8. The summed E-state index contributed by atoms with van der Waals surface area (Å²) in [5.74, 6) is 0.377. The summed E-state index contributed by atoms with van der Waals surface area (Å²) in [6, 6.07) is 9.51. The van der Waals surface area contributed by atoms with Crippen LogP contribution in [0, 0.1) is 6.92 Å². The second-order valence-corrected chi connectivity index (χ2v) is 7.35. The van der Waals surface area contributed by atoms with Crippen LogP contribution in [0.15, 0.2) is 48.1 Å². The third kappa shape index (κ3) is 3.72. The van der Waals surface area contributed by atoms with Crippen molar-refractivity contribution in [1.29, 1.82) is 0 Å². The second-order valence-electron chi connectivity index (χ2n) is 6.32. The standard InChI is InChI=1S/C20H19N5O2S/c1-13-8-16(20(26)22-10-14-5-6-18(27-2)21-9-14)17-11-23-25(19(17)24-13)12-15-4-3-7-28-15/h3-9,11H,10,12H2,1-2H3,(H,22,26). The molecule has 4 heterocycles. The highest BCUT2D eigenvalue weighted by molar-refractivity contribution is 7.09. The minimum Gasteiger partial charge on any atom is -0.481 e. The molecule has 0 saturated carbocycles. The van der Waals surface area contributed by atoms with Gasteiger partial charge in [-0.15, -0.1) is 11.3 Å². The van der Waals surface area contributed by atoms with Gasteiger partial charge in [-0.3, -0.25) is 4.79 Å². The zero-order chi connectivity index (χ0) is 19.5. The first-order chi connectivity index (χ1) is 13.6. The number of hydrogen-bond donors (Lipinski definition) is 1. The van der Waals surface area contributed by atoms with E-state index >= 15 is 0 Å². The lowest BCUT2D eigenvalue weighted by Crippen LogP contribution is -2.23. The Bertz CT molecular complexity index is 1100. The SMILES string of the molecule is COc1ccc(CNC(=O)c2cc(C)nc3c2cnn3Cc2cccs2)cn1. The summed E-state index contributed by atoms with van der Waals surface area (Å²) in [6.45, 7) is 2.89. The second kappa shape index (κ2) is 7.77. The van der Waals surface area contributed by atoms with Gasteiger partial charge >= 0.3 is 0 Å². The van der Waals surface area contributed by atoms with Gasteiger partial charge in [0.25, 0.3) is 5.91 Å². The maximum absolute atomic E-state index is 12.8. The number of methoxy groups -OCH3 is 1. The van der Waals surface area contributed by atoms with Crippen LogP contribution in [0.4, 0.5) is 0 Å². The van der Waals surface area contributed by atoms with Crippen LogP contribution in [0.25, 0.3) is 11.0 Å². The van der Waals surface area contributed by atoms with Crippen molar-refractivity contribution in [2.24, 2.45) is 0 Å². The first-order valence-electron chi connectivity index (χ1n) is 8.76. The van der Waals surface area contributed by atoms with Crippen molar-refractivity contribution in [2.75, 3.05) is 7.11 Å². The van der Waals surface area contributed by atoms with Gasteiger partial charge in [-0.2, -0.15) is 5.10 Å². The molecule has 0 unspecified atom stereocenters. The molecule has 0 aliphatic rings. The Hall–Kier alpha value is -3.26. The Kier molecular flexibility index (Phi) is 5.03. The minimum atomic E-state index is -0.165. The fourth-order valence-corrected chi connectivity index (χ4v) is 3.63. The highest BCUT2D eigenvalue weighted by atomic mass is 32.1. The molecule has 1 N–H and O–H groups in total. The lowest BCUT2D eigenvalue weighted by molar-refractivity contribution is 0.0952. The number of nitrogens with zero attached hydrogens (tertiary/aromatic N) is 4. The maximum Gasteiger partial charge on any atom is 0.252 e. The number of hydrogen-bond acceptors (Lipinski definition) is 6. The molecule has 0 aliphatic carbocycles. The summed E-state index contributed by atoms with van der Waals surface area (Å²) < 4.78 is 6.88. The summed E-state index contributed by atoms with van der Waals surface area (Å²) in [5, 5.41) is 10.2. The summed E-state index contributed by atoms with van der Waals surface area (Å²) in [5.41, 5.74) is 2.95. The van der Waals surface area contributed by atoms with Crippen LogP contribution in [-0.2, 0) is 13.1 Å². The Morgan fingerprint density at radius 1 is 1.29 bits per heavy atom. The van der Waals surface area contributed by atoms with Crippen molar-refractivity contribution < 1.29 is 9.53 Å². The van der Waals surface area contributed by atoms with Gasteiger partial charge in [-0.25, -0.2) is 14.6 Å². The van der Waals surface area contributed by atoms with Gasteiger partial charge in [0.05, 0.1) is 30.8 Å². The number of carbonyl (C=O) groups is 1. The van der Waals surface area contributed by atoms with E-state index in [2.05, 4.69) is 26.4 Å². The number of pyridine rings is 2. The van der Waals surface area contributed by atoms with Gasteiger partial charge in [0, 0.05) is 29.4 Å². The fourth-order valence-electron chi connectivity index (χ4n) is 2.94. The van der Waals surface area contributed by atoms with E-state index in [1.54, 1.807) is 43.0 Å². The third-order valence-electron chi connectivity index (χ3n) is 4.33. The van der Waals surface area contributed by atoms with Gasteiger partial charge in [-0.1, -0.05) is 12.1 Å². The molecule has 28 heavy (non-hydrogen) atoms. The third-order valence-corrected chi connectivity index (χ3v) is 5.19. The topological polar surface area (TPSA) is 81.9 Å². The summed E-state index contributed by atoms with van der Waals surface area (Å²) >= 11 is 1.67. The van der Waals surface area contributed by atoms with E-state index in [1.165, 1.54) is 4.88 Å². The van der Waals surface area contributed by atoms with E-state index in [9.17, 15) is 4.79 Å². The first-order valence-corrected chi connectivity index (χ1v) is 9.64. The lowest BCUT2D eigenvalue weighted by atomic mass is 10.1. The molecule has 4 rings (SSSR count).